The van der Waals surface area contributed by atoms with Gasteiger partial charge < -0.3 is 10.1 Å². The molecular formula is C22H25ClN4O4S. The largest absolute Gasteiger partial charge is 0.497 e. The van der Waals surface area contributed by atoms with Crippen LogP contribution in [0.1, 0.15) is 17.0 Å². The van der Waals surface area contributed by atoms with Crippen molar-refractivity contribution in [2.75, 3.05) is 18.0 Å². The number of aromatic nitrogens is 2. The number of sulfonamides is 1. The number of rotatable bonds is 8. The number of methoxy groups -OCH3 is 1. The molecule has 0 radical (unpaired) electrons. The molecule has 3 rings (SSSR count). The Balaban J connectivity index is 1.93. The van der Waals surface area contributed by atoms with Crippen LogP contribution in [0.25, 0.3) is 0 Å². The lowest BCUT2D eigenvalue weighted by Crippen LogP contribution is -2.41. The fourth-order valence-electron chi connectivity index (χ4n) is 3.32. The van der Waals surface area contributed by atoms with Crippen LogP contribution >= 0.6 is 11.6 Å². The lowest BCUT2D eigenvalue weighted by molar-refractivity contribution is -0.119. The molecule has 0 aliphatic rings. The van der Waals surface area contributed by atoms with E-state index in [9.17, 15) is 13.2 Å². The van der Waals surface area contributed by atoms with Gasteiger partial charge in [-0.2, -0.15) is 5.10 Å². The lowest BCUT2D eigenvalue weighted by Gasteiger charge is -2.24. The smallest absolute Gasteiger partial charge is 0.268 e. The standard InChI is InChI=1S/C22H25ClN4O4S/c1-15-22(16(2)26(3)25-15)32(29,30)27(18-9-11-19(31-4)12-10-18)14-21(28)24-13-17-7-5-6-8-20(17)23/h5-12H,13-14H2,1-4H3,(H,24,28). The highest BCUT2D eigenvalue weighted by molar-refractivity contribution is 7.93. The summed E-state index contributed by atoms with van der Waals surface area (Å²) in [4.78, 5) is 12.9. The van der Waals surface area contributed by atoms with Gasteiger partial charge in [0.2, 0.25) is 5.91 Å². The molecule has 1 N–H and O–H groups in total. The van der Waals surface area contributed by atoms with E-state index in [4.69, 9.17) is 16.3 Å². The third-order valence-corrected chi connectivity index (χ3v) is 7.47. The van der Waals surface area contributed by atoms with Gasteiger partial charge in [0.15, 0.2) is 0 Å². The zero-order valence-electron chi connectivity index (χ0n) is 18.3. The van der Waals surface area contributed by atoms with Gasteiger partial charge in [-0.05, 0) is 49.7 Å². The molecule has 0 aliphatic carbocycles. The van der Waals surface area contributed by atoms with Crippen LogP contribution < -0.4 is 14.4 Å². The molecule has 32 heavy (non-hydrogen) atoms. The average Bonchev–Trinajstić information content (AvgIpc) is 3.03. The summed E-state index contributed by atoms with van der Waals surface area (Å²) in [6, 6.07) is 13.6. The summed E-state index contributed by atoms with van der Waals surface area (Å²) in [7, 11) is -0.880. The number of hydrogen-bond acceptors (Lipinski definition) is 5. The molecule has 0 bridgehead atoms. The molecule has 0 atom stereocenters. The van der Waals surface area contributed by atoms with Crippen LogP contribution in [0.5, 0.6) is 5.75 Å². The first-order chi connectivity index (χ1) is 15.1. The van der Waals surface area contributed by atoms with E-state index in [0.717, 1.165) is 9.87 Å². The number of benzene rings is 2. The zero-order chi connectivity index (χ0) is 23.5. The van der Waals surface area contributed by atoms with Crippen molar-refractivity contribution < 1.29 is 17.9 Å². The van der Waals surface area contributed by atoms with Crippen molar-refractivity contribution in [2.45, 2.75) is 25.3 Å². The van der Waals surface area contributed by atoms with E-state index in [0.29, 0.717) is 27.8 Å². The molecule has 0 saturated heterocycles. The van der Waals surface area contributed by atoms with E-state index < -0.39 is 22.5 Å². The van der Waals surface area contributed by atoms with Gasteiger partial charge in [-0.15, -0.1) is 0 Å². The van der Waals surface area contributed by atoms with Gasteiger partial charge in [0.1, 0.15) is 17.2 Å². The zero-order valence-corrected chi connectivity index (χ0v) is 19.9. The quantitative estimate of drug-likeness (QED) is 0.538. The highest BCUT2D eigenvalue weighted by Gasteiger charge is 2.32. The first-order valence-corrected chi connectivity index (χ1v) is 11.6. The predicted molar refractivity (Wildman–Crippen MR) is 124 cm³/mol. The summed E-state index contributed by atoms with van der Waals surface area (Å²) in [5.41, 5.74) is 1.92. The highest BCUT2D eigenvalue weighted by atomic mass is 35.5. The number of anilines is 1. The van der Waals surface area contributed by atoms with Crippen molar-refractivity contribution in [3.05, 3.63) is 70.5 Å². The molecule has 10 heteroatoms. The van der Waals surface area contributed by atoms with Gasteiger partial charge in [0.25, 0.3) is 10.0 Å². The first kappa shape index (κ1) is 23.6. The maximum atomic E-state index is 13.6. The van der Waals surface area contributed by atoms with Crippen molar-refractivity contribution in [3.8, 4) is 5.75 Å². The Hall–Kier alpha value is -3.04. The Labute approximate surface area is 192 Å². The third kappa shape index (κ3) is 4.89. The van der Waals surface area contributed by atoms with Crippen LogP contribution in [-0.4, -0.2) is 37.8 Å². The topological polar surface area (TPSA) is 93.5 Å². The predicted octanol–water partition coefficient (Wildman–Crippen LogP) is 3.21. The number of halogens is 1. The molecule has 8 nitrogen and oxygen atoms in total. The van der Waals surface area contributed by atoms with Crippen LogP contribution in [0.4, 0.5) is 5.69 Å². The Morgan fingerprint density at radius 3 is 2.38 bits per heavy atom. The molecule has 2 aromatic carbocycles. The highest BCUT2D eigenvalue weighted by Crippen LogP contribution is 2.29. The molecule has 0 spiro atoms. The van der Waals surface area contributed by atoms with E-state index in [2.05, 4.69) is 10.4 Å². The van der Waals surface area contributed by atoms with E-state index >= 15 is 0 Å². The summed E-state index contributed by atoms with van der Waals surface area (Å²) in [5, 5.41) is 7.49. The normalized spacial score (nSPS) is 11.3. The number of ether oxygens (including phenoxy) is 1. The number of amides is 1. The number of carbonyl (C=O) groups is 1. The summed E-state index contributed by atoms with van der Waals surface area (Å²) >= 11 is 6.15. The van der Waals surface area contributed by atoms with E-state index in [-0.39, 0.29) is 11.4 Å². The van der Waals surface area contributed by atoms with E-state index in [1.165, 1.54) is 11.8 Å². The van der Waals surface area contributed by atoms with Crippen LogP contribution in [0.15, 0.2) is 53.4 Å². The van der Waals surface area contributed by atoms with Gasteiger partial charge in [-0.3, -0.25) is 13.8 Å². The van der Waals surface area contributed by atoms with Crippen LogP contribution in [0.2, 0.25) is 5.02 Å². The minimum Gasteiger partial charge on any atom is -0.497 e. The van der Waals surface area contributed by atoms with Gasteiger partial charge in [-0.25, -0.2) is 8.42 Å². The third-order valence-electron chi connectivity index (χ3n) is 5.07. The lowest BCUT2D eigenvalue weighted by atomic mass is 10.2. The van der Waals surface area contributed by atoms with Crippen molar-refractivity contribution >= 4 is 33.2 Å². The van der Waals surface area contributed by atoms with Crippen molar-refractivity contribution in [1.82, 2.24) is 15.1 Å². The molecule has 3 aromatic rings. The van der Waals surface area contributed by atoms with Gasteiger partial charge in [0.05, 0.1) is 24.2 Å². The summed E-state index contributed by atoms with van der Waals surface area (Å²) < 4.78 is 35.0. The number of hydrogen-bond donors (Lipinski definition) is 1. The molecule has 170 valence electrons. The second-order valence-electron chi connectivity index (χ2n) is 7.20. The number of carbonyl (C=O) groups excluding carboxylic acids is 1. The summed E-state index contributed by atoms with van der Waals surface area (Å²) in [6.45, 7) is 3.08. The van der Waals surface area contributed by atoms with Gasteiger partial charge >= 0.3 is 0 Å². The molecule has 0 fully saturated rings. The van der Waals surface area contributed by atoms with Crippen molar-refractivity contribution in [3.63, 3.8) is 0 Å². The minimum atomic E-state index is -4.08. The van der Waals surface area contributed by atoms with Crippen LogP contribution in [0, 0.1) is 13.8 Å². The monoisotopic (exact) mass is 476 g/mol. The minimum absolute atomic E-state index is 0.0784. The van der Waals surface area contributed by atoms with Crippen LogP contribution in [0.3, 0.4) is 0 Å². The molecular weight excluding hydrogens is 452 g/mol. The Bertz CT molecular complexity index is 1220. The molecule has 0 saturated carbocycles. The molecule has 0 unspecified atom stereocenters. The van der Waals surface area contributed by atoms with Crippen molar-refractivity contribution in [1.29, 1.82) is 0 Å². The van der Waals surface area contributed by atoms with Crippen molar-refractivity contribution in [2.24, 2.45) is 7.05 Å². The number of aryl methyl sites for hydroxylation is 2. The van der Waals surface area contributed by atoms with Crippen LogP contribution in [-0.2, 0) is 28.4 Å². The molecule has 1 heterocycles. The Kier molecular flexibility index (Phi) is 7.10. The second-order valence-corrected chi connectivity index (χ2v) is 9.41. The second kappa shape index (κ2) is 9.62. The maximum absolute atomic E-state index is 13.6. The van der Waals surface area contributed by atoms with Gasteiger partial charge in [-0.1, -0.05) is 29.8 Å². The van der Waals surface area contributed by atoms with Gasteiger partial charge in [0, 0.05) is 18.6 Å². The molecule has 1 amide bonds. The first-order valence-electron chi connectivity index (χ1n) is 9.82. The van der Waals surface area contributed by atoms with E-state index in [1.54, 1.807) is 63.4 Å². The Morgan fingerprint density at radius 2 is 1.81 bits per heavy atom. The fraction of sp³-hybridized carbons (Fsp3) is 0.273. The molecule has 1 aromatic heterocycles. The molecule has 0 aliphatic heterocycles. The fourth-order valence-corrected chi connectivity index (χ4v) is 5.35. The summed E-state index contributed by atoms with van der Waals surface area (Å²) in [5.74, 6) is 0.103. The van der Waals surface area contributed by atoms with E-state index in [1.807, 2.05) is 6.07 Å². The Morgan fingerprint density at radius 1 is 1.16 bits per heavy atom. The summed E-state index contributed by atoms with van der Waals surface area (Å²) in [6.07, 6.45) is 0. The number of nitrogens with zero attached hydrogens (tertiary/aromatic N) is 3. The average molecular weight is 477 g/mol. The maximum Gasteiger partial charge on any atom is 0.268 e. The number of nitrogens with one attached hydrogen (secondary N) is 1. The SMILES string of the molecule is COc1ccc(N(CC(=O)NCc2ccccc2Cl)S(=O)(=O)c2c(C)nn(C)c2C)cc1.